The Balaban J connectivity index is 1.76. The first-order valence-electron chi connectivity index (χ1n) is 6.61. The van der Waals surface area contributed by atoms with E-state index in [0.717, 1.165) is 17.7 Å². The van der Waals surface area contributed by atoms with Crippen LogP contribution in [0, 0.1) is 0 Å². The molecule has 3 rings (SSSR count). The summed E-state index contributed by atoms with van der Waals surface area (Å²) in [6, 6.07) is 6.80. The van der Waals surface area contributed by atoms with Crippen LogP contribution in [0.4, 0.5) is 5.69 Å². The second-order valence-electron chi connectivity index (χ2n) is 5.03. The Bertz CT molecular complexity index is 763. The Morgan fingerprint density at radius 3 is 2.81 bits per heavy atom. The molecule has 0 bridgehead atoms. The molecule has 0 saturated carbocycles. The molecule has 1 aliphatic carbocycles. The highest BCUT2D eigenvalue weighted by atomic mass is 79.9. The first-order valence-corrected chi connectivity index (χ1v) is 9.70. The van der Waals surface area contributed by atoms with Gasteiger partial charge in [-0.15, -0.1) is 11.3 Å². The lowest BCUT2D eigenvalue weighted by atomic mass is 10.2. The third-order valence-corrected chi connectivity index (χ3v) is 7.09. The normalized spacial score (nSPS) is 14.3. The molecule has 0 spiro atoms. The van der Waals surface area contributed by atoms with Gasteiger partial charge in [0.2, 0.25) is 10.0 Å². The van der Waals surface area contributed by atoms with Crippen molar-refractivity contribution in [3.63, 3.8) is 0 Å². The van der Waals surface area contributed by atoms with Crippen molar-refractivity contribution in [2.75, 3.05) is 5.73 Å². The van der Waals surface area contributed by atoms with E-state index in [1.807, 2.05) is 0 Å². The zero-order valence-electron chi connectivity index (χ0n) is 11.2. The number of anilines is 1. The average molecular weight is 387 g/mol. The molecule has 7 heteroatoms. The van der Waals surface area contributed by atoms with Crippen molar-refractivity contribution in [2.24, 2.45) is 0 Å². The number of sulfonamides is 1. The Hall–Kier alpha value is -0.890. The molecule has 0 amide bonds. The number of halogens is 1. The summed E-state index contributed by atoms with van der Waals surface area (Å²) in [7, 11) is -3.54. The number of nitrogens with one attached hydrogen (secondary N) is 1. The van der Waals surface area contributed by atoms with Crippen molar-refractivity contribution < 1.29 is 8.42 Å². The van der Waals surface area contributed by atoms with Gasteiger partial charge < -0.3 is 5.73 Å². The highest BCUT2D eigenvalue weighted by Crippen LogP contribution is 2.31. The molecule has 2 aromatic rings. The summed E-state index contributed by atoms with van der Waals surface area (Å²) in [5, 5.41) is 0. The molecule has 4 nitrogen and oxygen atoms in total. The molecule has 1 aromatic heterocycles. The maximum atomic E-state index is 12.3. The van der Waals surface area contributed by atoms with Crippen molar-refractivity contribution in [2.45, 2.75) is 30.7 Å². The van der Waals surface area contributed by atoms with Crippen molar-refractivity contribution in [1.29, 1.82) is 0 Å². The number of aryl methyl sites for hydroxylation is 2. The van der Waals surface area contributed by atoms with Crippen molar-refractivity contribution in [3.8, 4) is 0 Å². The topological polar surface area (TPSA) is 72.2 Å². The van der Waals surface area contributed by atoms with Crippen molar-refractivity contribution >= 4 is 43.0 Å². The van der Waals surface area contributed by atoms with Gasteiger partial charge in [-0.25, -0.2) is 13.1 Å². The van der Waals surface area contributed by atoms with Crippen LogP contribution >= 0.6 is 27.3 Å². The van der Waals surface area contributed by atoms with E-state index in [1.54, 1.807) is 23.5 Å². The van der Waals surface area contributed by atoms with E-state index in [4.69, 9.17) is 5.73 Å². The number of hydrogen-bond acceptors (Lipinski definition) is 4. The molecule has 0 atom stereocenters. The minimum atomic E-state index is -3.54. The zero-order valence-corrected chi connectivity index (χ0v) is 14.4. The molecule has 1 aliphatic rings. The third kappa shape index (κ3) is 3.15. The minimum Gasteiger partial charge on any atom is -0.399 e. The lowest BCUT2D eigenvalue weighted by Gasteiger charge is -2.08. The molecular weight excluding hydrogens is 372 g/mol. The zero-order chi connectivity index (χ0) is 15.0. The fraction of sp³-hybridized carbons (Fsp3) is 0.286. The lowest BCUT2D eigenvalue weighted by molar-refractivity contribution is 0.581. The number of benzene rings is 1. The number of hydrogen-bond donors (Lipinski definition) is 2. The number of fused-ring (bicyclic) bond motifs is 1. The number of nitrogen functional groups attached to an aromatic ring is 1. The van der Waals surface area contributed by atoms with E-state index in [9.17, 15) is 8.42 Å². The Kier molecular flexibility index (Phi) is 4.09. The monoisotopic (exact) mass is 386 g/mol. The summed E-state index contributed by atoms with van der Waals surface area (Å²) >= 11 is 4.95. The molecule has 21 heavy (non-hydrogen) atoms. The number of rotatable bonds is 4. The fourth-order valence-electron chi connectivity index (χ4n) is 2.46. The summed E-state index contributed by atoms with van der Waals surface area (Å²) in [5.41, 5.74) is 7.53. The second-order valence-corrected chi connectivity index (χ2v) is 8.84. The highest BCUT2D eigenvalue weighted by molar-refractivity contribution is 9.10. The van der Waals surface area contributed by atoms with Gasteiger partial charge in [0.15, 0.2) is 0 Å². The molecule has 1 aromatic carbocycles. The summed E-state index contributed by atoms with van der Waals surface area (Å²) in [6.45, 7) is 0.330. The summed E-state index contributed by atoms with van der Waals surface area (Å²) < 4.78 is 27.8. The maximum Gasteiger partial charge on any atom is 0.242 e. The van der Waals surface area contributed by atoms with Crippen LogP contribution in [0.3, 0.4) is 0 Å². The molecule has 0 radical (unpaired) electrons. The Labute approximate surface area is 136 Å². The van der Waals surface area contributed by atoms with Gasteiger partial charge in [-0.3, -0.25) is 0 Å². The van der Waals surface area contributed by atoms with Crippen LogP contribution in [0.1, 0.15) is 21.7 Å². The van der Waals surface area contributed by atoms with Gasteiger partial charge in [-0.1, -0.05) is 0 Å². The molecule has 0 aliphatic heterocycles. The van der Waals surface area contributed by atoms with Crippen molar-refractivity contribution in [1.82, 2.24) is 4.72 Å². The van der Waals surface area contributed by atoms with Crippen LogP contribution in [-0.2, 0) is 29.4 Å². The molecule has 3 N–H and O–H groups in total. The second kappa shape index (κ2) is 5.72. The van der Waals surface area contributed by atoms with E-state index >= 15 is 0 Å². The SMILES string of the molecule is Nc1ccc(S(=O)(=O)NCc2cc3c(s2)CCC3)c(Br)c1. The maximum absolute atomic E-state index is 12.3. The van der Waals surface area contributed by atoms with Gasteiger partial charge in [0.05, 0.1) is 4.90 Å². The highest BCUT2D eigenvalue weighted by Gasteiger charge is 2.19. The van der Waals surface area contributed by atoms with E-state index < -0.39 is 10.0 Å². The van der Waals surface area contributed by atoms with Crippen LogP contribution in [0.2, 0.25) is 0 Å². The summed E-state index contributed by atoms with van der Waals surface area (Å²) in [4.78, 5) is 2.67. The number of nitrogens with two attached hydrogens (primary N) is 1. The lowest BCUT2D eigenvalue weighted by Crippen LogP contribution is -2.23. The molecular formula is C14H15BrN2O2S2. The fourth-order valence-corrected chi connectivity index (χ4v) is 5.85. The van der Waals surface area contributed by atoms with Crippen LogP contribution in [0.25, 0.3) is 0 Å². The van der Waals surface area contributed by atoms with Gasteiger partial charge in [-0.2, -0.15) is 0 Å². The van der Waals surface area contributed by atoms with Crippen LogP contribution in [0.5, 0.6) is 0 Å². The quantitative estimate of drug-likeness (QED) is 0.792. The average Bonchev–Trinajstić information content (AvgIpc) is 2.96. The predicted molar refractivity (Wildman–Crippen MR) is 88.9 cm³/mol. The number of thiophene rings is 1. The molecule has 0 fully saturated rings. The van der Waals surface area contributed by atoms with Gasteiger partial charge >= 0.3 is 0 Å². The van der Waals surface area contributed by atoms with Gasteiger partial charge in [0, 0.05) is 26.5 Å². The van der Waals surface area contributed by atoms with E-state index in [1.165, 1.54) is 22.9 Å². The predicted octanol–water partition coefficient (Wildman–Crippen LogP) is 3.06. The third-order valence-electron chi connectivity index (χ3n) is 3.48. The standard InChI is InChI=1S/C14H15BrN2O2S2/c15-12-7-10(16)4-5-14(12)21(18,19)17-8-11-6-9-2-1-3-13(9)20-11/h4-7,17H,1-3,8,16H2. The van der Waals surface area contributed by atoms with Crippen LogP contribution < -0.4 is 10.5 Å². The summed E-state index contributed by atoms with van der Waals surface area (Å²) in [6.07, 6.45) is 3.45. The molecule has 0 unspecified atom stereocenters. The van der Waals surface area contributed by atoms with Crippen LogP contribution in [-0.4, -0.2) is 8.42 Å². The minimum absolute atomic E-state index is 0.209. The molecule has 1 heterocycles. The molecule has 112 valence electrons. The first kappa shape index (κ1) is 15.0. The van der Waals surface area contributed by atoms with Gasteiger partial charge in [0.1, 0.15) is 0 Å². The smallest absolute Gasteiger partial charge is 0.242 e. The van der Waals surface area contributed by atoms with Crippen LogP contribution in [0.15, 0.2) is 33.6 Å². The Morgan fingerprint density at radius 1 is 1.29 bits per heavy atom. The Morgan fingerprint density at radius 2 is 2.10 bits per heavy atom. The van der Waals surface area contributed by atoms with Crippen molar-refractivity contribution in [3.05, 3.63) is 44.1 Å². The van der Waals surface area contributed by atoms with Gasteiger partial charge in [0.25, 0.3) is 0 Å². The molecule has 0 saturated heterocycles. The van der Waals surface area contributed by atoms with Gasteiger partial charge in [-0.05, 0) is 65.0 Å². The summed E-state index contributed by atoms with van der Waals surface area (Å²) in [5.74, 6) is 0. The van der Waals surface area contributed by atoms with E-state index in [-0.39, 0.29) is 4.90 Å². The van der Waals surface area contributed by atoms with E-state index in [0.29, 0.717) is 16.7 Å². The first-order chi connectivity index (χ1) is 9.95. The largest absolute Gasteiger partial charge is 0.399 e. The van der Waals surface area contributed by atoms with E-state index in [2.05, 4.69) is 26.7 Å².